The van der Waals surface area contributed by atoms with Crippen molar-refractivity contribution in [2.45, 2.75) is 26.8 Å². The van der Waals surface area contributed by atoms with E-state index in [-0.39, 0.29) is 22.8 Å². The van der Waals surface area contributed by atoms with Crippen molar-refractivity contribution in [3.8, 4) is 17.2 Å². The van der Waals surface area contributed by atoms with E-state index in [1.54, 1.807) is 36.4 Å². The summed E-state index contributed by atoms with van der Waals surface area (Å²) in [6.45, 7) is 6.20. The molecular formula is C29H26N2O6S. The summed E-state index contributed by atoms with van der Waals surface area (Å²) < 4.78 is 11.7. The molecule has 4 aromatic rings. The first-order chi connectivity index (χ1) is 18.2. The predicted octanol–water partition coefficient (Wildman–Crippen LogP) is 5.65. The van der Waals surface area contributed by atoms with E-state index < -0.39 is 17.7 Å². The number of Topliss-reactive ketones (excluding diaryl/α,β-unsaturated/α-hetero) is 1. The normalized spacial score (nSPS) is 16.8. The van der Waals surface area contributed by atoms with Crippen LogP contribution >= 0.6 is 11.3 Å². The zero-order chi connectivity index (χ0) is 27.1. The third-order valence-electron chi connectivity index (χ3n) is 6.41. The number of aromatic nitrogens is 1. The molecule has 1 amide bonds. The second kappa shape index (κ2) is 9.83. The van der Waals surface area contributed by atoms with Gasteiger partial charge in [0.2, 0.25) is 0 Å². The number of fused-ring (bicyclic) bond motifs is 1. The van der Waals surface area contributed by atoms with Gasteiger partial charge in [0.15, 0.2) is 16.6 Å². The summed E-state index contributed by atoms with van der Waals surface area (Å²) in [5.74, 6) is -1.39. The number of rotatable bonds is 6. The molecule has 1 unspecified atom stereocenters. The number of aliphatic hydroxyl groups excluding tert-OH is 1. The number of aromatic hydroxyl groups is 1. The van der Waals surface area contributed by atoms with Gasteiger partial charge < -0.3 is 19.7 Å². The number of thiazole rings is 1. The number of amides is 1. The molecular weight excluding hydrogens is 504 g/mol. The van der Waals surface area contributed by atoms with Crippen LogP contribution in [0.1, 0.15) is 35.2 Å². The smallest absolute Gasteiger partial charge is 0.301 e. The van der Waals surface area contributed by atoms with Crippen LogP contribution in [0.5, 0.6) is 17.2 Å². The van der Waals surface area contributed by atoms with Crippen molar-refractivity contribution in [3.05, 3.63) is 82.4 Å². The lowest BCUT2D eigenvalue weighted by Crippen LogP contribution is -2.29. The number of carbonyl (C=O) groups is 2. The van der Waals surface area contributed by atoms with Crippen molar-refractivity contribution in [2.24, 2.45) is 0 Å². The number of carbonyl (C=O) groups excluding carboxylic acids is 2. The van der Waals surface area contributed by atoms with Gasteiger partial charge in [0.1, 0.15) is 11.5 Å². The Morgan fingerprint density at radius 2 is 1.89 bits per heavy atom. The molecule has 1 aromatic heterocycles. The molecule has 38 heavy (non-hydrogen) atoms. The molecule has 1 atom stereocenters. The largest absolute Gasteiger partial charge is 0.507 e. The Morgan fingerprint density at radius 1 is 1.11 bits per heavy atom. The number of phenols is 1. The van der Waals surface area contributed by atoms with E-state index in [1.165, 1.54) is 29.4 Å². The van der Waals surface area contributed by atoms with Gasteiger partial charge in [-0.2, -0.15) is 0 Å². The first-order valence-corrected chi connectivity index (χ1v) is 12.8. The average molecular weight is 531 g/mol. The Morgan fingerprint density at radius 3 is 2.63 bits per heavy atom. The van der Waals surface area contributed by atoms with E-state index in [9.17, 15) is 19.8 Å². The number of hydrogen-bond acceptors (Lipinski definition) is 8. The fourth-order valence-electron chi connectivity index (χ4n) is 4.73. The first kappa shape index (κ1) is 25.3. The third kappa shape index (κ3) is 4.24. The number of benzene rings is 3. The van der Waals surface area contributed by atoms with Gasteiger partial charge in [0.25, 0.3) is 5.78 Å². The molecule has 2 N–H and O–H groups in total. The van der Waals surface area contributed by atoms with Crippen molar-refractivity contribution >= 4 is 44.1 Å². The molecule has 1 aliphatic heterocycles. The SMILES string of the molecule is CCOc1cccc(C(O)=C2C(=O)C(=O)N(c3nc4c(C)cc(C)cc4s3)C2c2ccc(O)c(OC)c2)c1. The highest BCUT2D eigenvalue weighted by Crippen LogP contribution is 2.46. The molecule has 1 saturated heterocycles. The highest BCUT2D eigenvalue weighted by molar-refractivity contribution is 7.22. The number of ketones is 1. The molecule has 1 aliphatic rings. The Balaban J connectivity index is 1.75. The van der Waals surface area contributed by atoms with E-state index in [1.807, 2.05) is 32.9 Å². The van der Waals surface area contributed by atoms with Gasteiger partial charge in [-0.1, -0.05) is 35.6 Å². The monoisotopic (exact) mass is 530 g/mol. The molecule has 5 rings (SSSR count). The van der Waals surface area contributed by atoms with Crippen molar-refractivity contribution < 1.29 is 29.3 Å². The quantitative estimate of drug-likeness (QED) is 0.188. The highest BCUT2D eigenvalue weighted by Gasteiger charge is 2.48. The maximum Gasteiger partial charge on any atom is 0.301 e. The summed E-state index contributed by atoms with van der Waals surface area (Å²) in [6.07, 6.45) is 0. The van der Waals surface area contributed by atoms with E-state index >= 15 is 0 Å². The summed E-state index contributed by atoms with van der Waals surface area (Å²) in [4.78, 5) is 33.1. The Hall–Kier alpha value is -4.37. The maximum absolute atomic E-state index is 13.5. The Bertz CT molecular complexity index is 1620. The van der Waals surface area contributed by atoms with Crippen LogP contribution in [0.4, 0.5) is 5.13 Å². The van der Waals surface area contributed by atoms with E-state index in [0.717, 1.165) is 21.3 Å². The molecule has 9 heteroatoms. The van der Waals surface area contributed by atoms with Crippen LogP contribution in [-0.4, -0.2) is 40.6 Å². The highest BCUT2D eigenvalue weighted by atomic mass is 32.1. The van der Waals surface area contributed by atoms with Crippen molar-refractivity contribution in [2.75, 3.05) is 18.6 Å². The summed E-state index contributed by atoms with van der Waals surface area (Å²) >= 11 is 1.30. The van der Waals surface area contributed by atoms with Crippen LogP contribution in [0.3, 0.4) is 0 Å². The van der Waals surface area contributed by atoms with Gasteiger partial charge in [-0.05, 0) is 67.8 Å². The van der Waals surface area contributed by atoms with Gasteiger partial charge in [-0.3, -0.25) is 14.5 Å². The third-order valence-corrected chi connectivity index (χ3v) is 7.41. The van der Waals surface area contributed by atoms with Gasteiger partial charge in [-0.25, -0.2) is 4.98 Å². The fraction of sp³-hybridized carbons (Fsp3) is 0.207. The second-order valence-electron chi connectivity index (χ2n) is 8.99. The van der Waals surface area contributed by atoms with Crippen LogP contribution in [0, 0.1) is 13.8 Å². The topological polar surface area (TPSA) is 109 Å². The zero-order valence-electron chi connectivity index (χ0n) is 21.3. The lowest BCUT2D eigenvalue weighted by atomic mass is 9.95. The molecule has 0 spiro atoms. The lowest BCUT2D eigenvalue weighted by Gasteiger charge is -2.23. The minimum atomic E-state index is -1.01. The van der Waals surface area contributed by atoms with Crippen LogP contribution in [0.2, 0.25) is 0 Å². The molecule has 2 heterocycles. The number of ether oxygens (including phenoxy) is 2. The summed E-state index contributed by atoms with van der Waals surface area (Å²) in [6, 6.07) is 14.2. The summed E-state index contributed by atoms with van der Waals surface area (Å²) in [7, 11) is 1.41. The lowest BCUT2D eigenvalue weighted by molar-refractivity contribution is -0.132. The van der Waals surface area contributed by atoms with Crippen LogP contribution < -0.4 is 14.4 Å². The Kier molecular flexibility index (Phi) is 6.54. The van der Waals surface area contributed by atoms with Gasteiger partial charge >= 0.3 is 5.91 Å². The average Bonchev–Trinajstić information content (AvgIpc) is 3.43. The molecule has 194 valence electrons. The molecule has 3 aromatic carbocycles. The number of nitrogens with zero attached hydrogens (tertiary/aromatic N) is 2. The van der Waals surface area contributed by atoms with Crippen LogP contribution in [0.25, 0.3) is 16.0 Å². The molecule has 0 radical (unpaired) electrons. The van der Waals surface area contributed by atoms with Crippen LogP contribution in [-0.2, 0) is 9.59 Å². The van der Waals surface area contributed by atoms with Crippen molar-refractivity contribution in [1.29, 1.82) is 0 Å². The molecule has 0 aliphatic carbocycles. The predicted molar refractivity (Wildman–Crippen MR) is 146 cm³/mol. The fourth-order valence-corrected chi connectivity index (χ4v) is 5.90. The van der Waals surface area contributed by atoms with E-state index in [4.69, 9.17) is 14.5 Å². The number of aryl methyl sites for hydroxylation is 2. The van der Waals surface area contributed by atoms with Crippen molar-refractivity contribution in [3.63, 3.8) is 0 Å². The van der Waals surface area contributed by atoms with E-state index in [0.29, 0.717) is 28.6 Å². The number of methoxy groups -OCH3 is 1. The number of anilines is 1. The minimum Gasteiger partial charge on any atom is -0.507 e. The van der Waals surface area contributed by atoms with Gasteiger partial charge in [-0.15, -0.1) is 0 Å². The summed E-state index contributed by atoms with van der Waals surface area (Å²) in [5, 5.41) is 21.9. The maximum atomic E-state index is 13.5. The number of aliphatic hydroxyl groups is 1. The molecule has 1 fully saturated rings. The minimum absolute atomic E-state index is 0.0938. The van der Waals surface area contributed by atoms with Gasteiger partial charge in [0.05, 0.1) is 35.5 Å². The standard InChI is InChI=1S/C29H26N2O6S/c1-5-37-19-8-6-7-18(13-19)26(33)23-25(17-9-10-20(32)21(14-17)36-4)31(28(35)27(23)34)29-30-24-16(3)11-15(2)12-22(24)38-29/h6-14,25,32-33H,5H2,1-4H3. The second-order valence-corrected chi connectivity index (χ2v) is 10.00. The number of phenolic OH excluding ortho intramolecular Hbond substituents is 1. The molecule has 0 bridgehead atoms. The van der Waals surface area contributed by atoms with Crippen LogP contribution in [0.15, 0.2) is 60.2 Å². The first-order valence-electron chi connectivity index (χ1n) is 12.0. The molecule has 0 saturated carbocycles. The molecule has 8 nitrogen and oxygen atoms in total. The Labute approximate surface area is 223 Å². The summed E-state index contributed by atoms with van der Waals surface area (Å²) in [5.41, 5.74) is 3.46. The van der Waals surface area contributed by atoms with Gasteiger partial charge in [0, 0.05) is 5.56 Å². The van der Waals surface area contributed by atoms with Crippen molar-refractivity contribution in [1.82, 2.24) is 4.98 Å². The van der Waals surface area contributed by atoms with E-state index in [2.05, 4.69) is 0 Å². The zero-order valence-corrected chi connectivity index (χ0v) is 22.1. The number of hydrogen-bond donors (Lipinski definition) is 2.